The molecule has 2 atom stereocenters. The lowest BCUT2D eigenvalue weighted by Gasteiger charge is -2.08. The Morgan fingerprint density at radius 3 is 3.12 bits per heavy atom. The number of imidazole rings is 1. The second-order valence-corrected chi connectivity index (χ2v) is 6.24. The van der Waals surface area contributed by atoms with Crippen LogP contribution < -0.4 is 0 Å². The van der Waals surface area contributed by atoms with Gasteiger partial charge in [0.05, 0.1) is 5.52 Å². The van der Waals surface area contributed by atoms with Crippen LogP contribution in [-0.4, -0.2) is 30.2 Å². The van der Waals surface area contributed by atoms with E-state index < -0.39 is 10.8 Å². The summed E-state index contributed by atoms with van der Waals surface area (Å²) in [6.07, 6.45) is 4.32. The van der Waals surface area contributed by atoms with Gasteiger partial charge in [0.1, 0.15) is 0 Å². The maximum atomic E-state index is 11.3. The molecule has 4 nitrogen and oxygen atoms in total. The number of fused-ring (bicyclic) bond motifs is 1. The van der Waals surface area contributed by atoms with Gasteiger partial charge in [-0.2, -0.15) is 0 Å². The predicted octanol–water partition coefficient (Wildman–Crippen LogP) is 2.25. The zero-order valence-corrected chi connectivity index (χ0v) is 11.5. The van der Waals surface area contributed by atoms with Crippen LogP contribution >= 0.6 is 12.2 Å². The highest BCUT2D eigenvalue weighted by atomic mass is 32.2. The van der Waals surface area contributed by atoms with E-state index in [1.807, 2.05) is 23.6 Å². The lowest BCUT2D eigenvalue weighted by atomic mass is 10.3. The molecule has 2 heterocycles. The van der Waals surface area contributed by atoms with E-state index in [9.17, 15) is 4.21 Å². The Morgan fingerprint density at radius 2 is 2.41 bits per heavy atom. The van der Waals surface area contributed by atoms with Crippen LogP contribution in [0.25, 0.3) is 11.2 Å². The van der Waals surface area contributed by atoms with Gasteiger partial charge in [-0.15, -0.1) is 0 Å². The first-order valence-electron chi connectivity index (χ1n) is 5.45. The normalized spacial score (nSPS) is 14.9. The van der Waals surface area contributed by atoms with E-state index in [4.69, 9.17) is 12.2 Å². The molecule has 1 N–H and O–H groups in total. The SMILES string of the molecule is CC(CCn1c(=S)[nH]c2cccnc21)S(C)=O. The molecule has 0 aromatic carbocycles. The van der Waals surface area contributed by atoms with E-state index in [1.54, 1.807) is 12.5 Å². The number of rotatable bonds is 4. The van der Waals surface area contributed by atoms with E-state index in [0.717, 1.165) is 24.1 Å². The van der Waals surface area contributed by atoms with E-state index in [-0.39, 0.29) is 5.25 Å². The highest BCUT2D eigenvalue weighted by molar-refractivity contribution is 7.84. The van der Waals surface area contributed by atoms with Gasteiger partial charge in [-0.25, -0.2) is 4.98 Å². The number of hydrogen-bond donors (Lipinski definition) is 1. The second-order valence-electron chi connectivity index (χ2n) is 4.05. The van der Waals surface area contributed by atoms with Crippen LogP contribution in [0.1, 0.15) is 13.3 Å². The van der Waals surface area contributed by atoms with Crippen LogP contribution in [0.5, 0.6) is 0 Å². The summed E-state index contributed by atoms with van der Waals surface area (Å²) in [5, 5.41) is 0.172. The molecule has 2 rings (SSSR count). The number of H-pyrrole nitrogens is 1. The van der Waals surface area contributed by atoms with E-state index in [0.29, 0.717) is 4.77 Å². The molecule has 6 heteroatoms. The van der Waals surface area contributed by atoms with Gasteiger partial charge in [0.25, 0.3) is 0 Å². The first kappa shape index (κ1) is 12.4. The first-order valence-corrected chi connectivity index (χ1v) is 7.48. The Morgan fingerprint density at radius 1 is 1.65 bits per heavy atom. The van der Waals surface area contributed by atoms with Crippen LogP contribution in [0.2, 0.25) is 0 Å². The number of hydrogen-bond acceptors (Lipinski definition) is 3. The van der Waals surface area contributed by atoms with Crippen molar-refractivity contribution in [1.29, 1.82) is 0 Å². The van der Waals surface area contributed by atoms with Crippen molar-refractivity contribution < 1.29 is 4.21 Å². The van der Waals surface area contributed by atoms with E-state index in [2.05, 4.69) is 9.97 Å². The van der Waals surface area contributed by atoms with Gasteiger partial charge in [-0.1, -0.05) is 6.92 Å². The topological polar surface area (TPSA) is 50.7 Å². The largest absolute Gasteiger partial charge is 0.329 e. The zero-order valence-electron chi connectivity index (χ0n) is 9.84. The van der Waals surface area contributed by atoms with Crippen LogP contribution in [-0.2, 0) is 17.3 Å². The van der Waals surface area contributed by atoms with E-state index >= 15 is 0 Å². The third kappa shape index (κ3) is 2.63. The van der Waals surface area contributed by atoms with Gasteiger partial charge in [0.15, 0.2) is 10.4 Å². The third-order valence-electron chi connectivity index (χ3n) is 2.85. The van der Waals surface area contributed by atoms with Gasteiger partial charge in [0, 0.05) is 35.0 Å². The molecule has 0 bridgehead atoms. The van der Waals surface area contributed by atoms with Crippen LogP contribution in [0.3, 0.4) is 0 Å². The first-order chi connectivity index (χ1) is 8.09. The quantitative estimate of drug-likeness (QED) is 0.866. The zero-order chi connectivity index (χ0) is 12.4. The number of nitrogens with zero attached hydrogens (tertiary/aromatic N) is 2. The van der Waals surface area contributed by atoms with Gasteiger partial charge in [-0.3, -0.25) is 4.21 Å². The Bertz CT molecular complexity index is 602. The van der Waals surface area contributed by atoms with Crippen LogP contribution in [0, 0.1) is 4.77 Å². The van der Waals surface area contributed by atoms with Crippen molar-refractivity contribution in [3.8, 4) is 0 Å². The average Bonchev–Trinajstić information content (AvgIpc) is 2.61. The molecule has 0 radical (unpaired) electrons. The third-order valence-corrected chi connectivity index (χ3v) is 4.55. The summed E-state index contributed by atoms with van der Waals surface area (Å²) < 4.78 is 13.9. The molecule has 0 aliphatic rings. The van der Waals surface area contributed by atoms with Crippen LogP contribution in [0.15, 0.2) is 18.3 Å². The average molecular weight is 269 g/mol. The van der Waals surface area contributed by atoms with Crippen molar-refractivity contribution in [2.24, 2.45) is 0 Å². The molecular weight excluding hydrogens is 254 g/mol. The molecule has 0 saturated heterocycles. The van der Waals surface area contributed by atoms with Gasteiger partial charge in [-0.05, 0) is 30.8 Å². The Kier molecular flexibility index (Phi) is 3.73. The maximum Gasteiger partial charge on any atom is 0.179 e. The molecule has 0 aliphatic heterocycles. The minimum Gasteiger partial charge on any atom is -0.329 e. The van der Waals surface area contributed by atoms with Crippen LogP contribution in [0.4, 0.5) is 0 Å². The molecule has 92 valence electrons. The number of pyridine rings is 1. The summed E-state index contributed by atoms with van der Waals surface area (Å²) in [7, 11) is -0.790. The molecule has 0 saturated carbocycles. The molecule has 2 aromatic heterocycles. The summed E-state index contributed by atoms with van der Waals surface area (Å²) in [6.45, 7) is 2.73. The second kappa shape index (κ2) is 5.10. The van der Waals surface area contributed by atoms with Crippen molar-refractivity contribution in [3.63, 3.8) is 0 Å². The number of nitrogens with one attached hydrogen (secondary N) is 1. The minimum atomic E-state index is -0.790. The maximum absolute atomic E-state index is 11.3. The van der Waals surface area contributed by atoms with Gasteiger partial charge >= 0.3 is 0 Å². The fourth-order valence-electron chi connectivity index (χ4n) is 1.67. The van der Waals surface area contributed by atoms with Crippen molar-refractivity contribution in [2.75, 3.05) is 6.26 Å². The molecule has 17 heavy (non-hydrogen) atoms. The van der Waals surface area contributed by atoms with Crippen molar-refractivity contribution in [1.82, 2.24) is 14.5 Å². The summed E-state index contributed by atoms with van der Waals surface area (Å²) in [5.74, 6) is 0. The fourth-order valence-corrected chi connectivity index (χ4v) is 2.40. The molecule has 2 aromatic rings. The molecular formula is C11H15N3OS2. The molecule has 0 amide bonds. The summed E-state index contributed by atoms with van der Waals surface area (Å²) in [5.41, 5.74) is 1.81. The lowest BCUT2D eigenvalue weighted by Crippen LogP contribution is -2.13. The summed E-state index contributed by atoms with van der Waals surface area (Å²) >= 11 is 5.26. The number of aromatic amines is 1. The summed E-state index contributed by atoms with van der Waals surface area (Å²) in [4.78, 5) is 7.43. The fraction of sp³-hybridized carbons (Fsp3) is 0.455. The van der Waals surface area contributed by atoms with Crippen molar-refractivity contribution >= 4 is 34.2 Å². The Hall–Kier alpha value is -1.01. The predicted molar refractivity (Wildman–Crippen MR) is 73.1 cm³/mol. The van der Waals surface area contributed by atoms with Crippen molar-refractivity contribution in [3.05, 3.63) is 23.1 Å². The van der Waals surface area contributed by atoms with E-state index in [1.165, 1.54) is 0 Å². The van der Waals surface area contributed by atoms with Gasteiger partial charge < -0.3 is 9.55 Å². The summed E-state index contributed by atoms with van der Waals surface area (Å²) in [6, 6.07) is 3.83. The Balaban J connectivity index is 2.27. The van der Waals surface area contributed by atoms with Crippen molar-refractivity contribution in [2.45, 2.75) is 25.1 Å². The molecule has 0 spiro atoms. The standard InChI is InChI=1S/C11H15N3OS2/c1-8(17(2)15)5-7-14-10-9(13-11(14)16)4-3-6-12-10/h3-4,6,8H,5,7H2,1-2H3,(H,13,16). The minimum absolute atomic E-state index is 0.172. The highest BCUT2D eigenvalue weighted by Gasteiger charge is 2.09. The molecule has 2 unspecified atom stereocenters. The lowest BCUT2D eigenvalue weighted by molar-refractivity contribution is 0.622. The highest BCUT2D eigenvalue weighted by Crippen LogP contribution is 2.12. The molecule has 0 aliphatic carbocycles. The Labute approximate surface area is 108 Å². The van der Waals surface area contributed by atoms with Gasteiger partial charge in [0.2, 0.25) is 0 Å². The smallest absolute Gasteiger partial charge is 0.179 e. The monoisotopic (exact) mass is 269 g/mol. The number of aromatic nitrogens is 3. The number of aryl methyl sites for hydroxylation is 1. The molecule has 0 fully saturated rings.